The van der Waals surface area contributed by atoms with Gasteiger partial charge in [-0.3, -0.25) is 0 Å². The fraction of sp³-hybridized carbons (Fsp3) is 0.0588. The average Bonchev–Trinajstić information content (AvgIpc) is 3.80. The third-order valence-electron chi connectivity index (χ3n) is 11.7. The molecule has 2 heteroatoms. The molecule has 10 aromatic rings. The van der Waals surface area contributed by atoms with E-state index in [2.05, 4.69) is 205 Å². The lowest BCUT2D eigenvalue weighted by atomic mass is 9.82. The SMILES string of the molecule is CC1(C)c2ccccc2-c2c(-c3cccc(-n4c5ccccc5c5cc6c7ccccc7n(-c7ccc(-c8ccccc8)cc7)c6cc54)c3)cccc21. The van der Waals surface area contributed by atoms with Crippen molar-refractivity contribution < 1.29 is 0 Å². The van der Waals surface area contributed by atoms with E-state index >= 15 is 0 Å². The van der Waals surface area contributed by atoms with Gasteiger partial charge in [0.05, 0.1) is 22.1 Å². The van der Waals surface area contributed by atoms with Crippen molar-refractivity contribution in [3.05, 3.63) is 193 Å². The molecular formula is C51H36N2. The summed E-state index contributed by atoms with van der Waals surface area (Å²) in [6.07, 6.45) is 0. The molecule has 2 nitrogen and oxygen atoms in total. The van der Waals surface area contributed by atoms with Gasteiger partial charge >= 0.3 is 0 Å². The molecular weight excluding hydrogens is 641 g/mol. The molecule has 0 saturated carbocycles. The summed E-state index contributed by atoms with van der Waals surface area (Å²) in [6, 6.07) is 67.1. The Labute approximate surface area is 308 Å². The van der Waals surface area contributed by atoms with Gasteiger partial charge in [0.25, 0.3) is 0 Å². The second-order valence-corrected chi connectivity index (χ2v) is 15.0. The third-order valence-corrected chi connectivity index (χ3v) is 11.7. The molecule has 8 aromatic carbocycles. The van der Waals surface area contributed by atoms with E-state index in [4.69, 9.17) is 0 Å². The Hall–Kier alpha value is -6.64. The van der Waals surface area contributed by atoms with E-state index in [1.807, 2.05) is 0 Å². The van der Waals surface area contributed by atoms with E-state index in [1.54, 1.807) is 0 Å². The van der Waals surface area contributed by atoms with Crippen molar-refractivity contribution in [2.24, 2.45) is 0 Å². The van der Waals surface area contributed by atoms with Gasteiger partial charge in [0.2, 0.25) is 0 Å². The molecule has 0 saturated heterocycles. The summed E-state index contributed by atoms with van der Waals surface area (Å²) >= 11 is 0. The first kappa shape index (κ1) is 30.0. The van der Waals surface area contributed by atoms with Crippen LogP contribution in [0.25, 0.3) is 88.4 Å². The predicted octanol–water partition coefficient (Wildman–Crippen LogP) is 13.5. The molecule has 0 radical (unpaired) electrons. The fourth-order valence-electron chi connectivity index (χ4n) is 9.23. The van der Waals surface area contributed by atoms with Gasteiger partial charge in [0.1, 0.15) is 0 Å². The minimum Gasteiger partial charge on any atom is -0.309 e. The minimum atomic E-state index is -0.0436. The van der Waals surface area contributed by atoms with Crippen molar-refractivity contribution in [1.82, 2.24) is 9.13 Å². The van der Waals surface area contributed by atoms with Crippen LogP contribution < -0.4 is 0 Å². The molecule has 0 bridgehead atoms. The van der Waals surface area contributed by atoms with Crippen LogP contribution >= 0.6 is 0 Å². The van der Waals surface area contributed by atoms with Crippen LogP contribution in [-0.4, -0.2) is 9.13 Å². The van der Waals surface area contributed by atoms with Gasteiger partial charge in [0, 0.05) is 38.3 Å². The summed E-state index contributed by atoms with van der Waals surface area (Å²) < 4.78 is 4.90. The monoisotopic (exact) mass is 676 g/mol. The molecule has 0 unspecified atom stereocenters. The van der Waals surface area contributed by atoms with Crippen LogP contribution in [0.3, 0.4) is 0 Å². The Balaban J connectivity index is 1.14. The maximum Gasteiger partial charge on any atom is 0.0562 e. The van der Waals surface area contributed by atoms with Crippen molar-refractivity contribution in [3.8, 4) is 44.8 Å². The number of para-hydroxylation sites is 2. The summed E-state index contributed by atoms with van der Waals surface area (Å²) in [6.45, 7) is 4.71. The summed E-state index contributed by atoms with van der Waals surface area (Å²) in [7, 11) is 0. The second-order valence-electron chi connectivity index (χ2n) is 15.0. The van der Waals surface area contributed by atoms with E-state index in [9.17, 15) is 0 Å². The maximum atomic E-state index is 2.47. The van der Waals surface area contributed by atoms with E-state index < -0.39 is 0 Å². The van der Waals surface area contributed by atoms with Gasteiger partial charge < -0.3 is 9.13 Å². The fourth-order valence-corrected chi connectivity index (χ4v) is 9.23. The molecule has 0 atom stereocenters. The van der Waals surface area contributed by atoms with Crippen LogP contribution in [-0.2, 0) is 5.41 Å². The summed E-state index contributed by atoms with van der Waals surface area (Å²) in [5.41, 5.74) is 17.5. The summed E-state index contributed by atoms with van der Waals surface area (Å²) in [5.74, 6) is 0. The Bertz CT molecular complexity index is 3060. The number of rotatable bonds is 4. The zero-order valence-corrected chi connectivity index (χ0v) is 29.7. The number of aromatic nitrogens is 2. The van der Waals surface area contributed by atoms with Gasteiger partial charge in [-0.25, -0.2) is 0 Å². The number of hydrogen-bond acceptors (Lipinski definition) is 0. The first-order valence-electron chi connectivity index (χ1n) is 18.5. The molecule has 2 heterocycles. The highest BCUT2D eigenvalue weighted by atomic mass is 15.0. The first-order valence-corrected chi connectivity index (χ1v) is 18.5. The van der Waals surface area contributed by atoms with Crippen molar-refractivity contribution in [2.45, 2.75) is 19.3 Å². The smallest absolute Gasteiger partial charge is 0.0562 e. The Morgan fingerprint density at radius 3 is 1.62 bits per heavy atom. The van der Waals surface area contributed by atoms with Crippen molar-refractivity contribution in [3.63, 3.8) is 0 Å². The topological polar surface area (TPSA) is 9.86 Å². The largest absolute Gasteiger partial charge is 0.309 e. The van der Waals surface area contributed by atoms with Gasteiger partial charge in [-0.15, -0.1) is 0 Å². The van der Waals surface area contributed by atoms with Gasteiger partial charge in [-0.05, 0) is 93.0 Å². The van der Waals surface area contributed by atoms with Crippen LogP contribution in [0.15, 0.2) is 182 Å². The molecule has 1 aliphatic rings. The summed E-state index contributed by atoms with van der Waals surface area (Å²) in [4.78, 5) is 0. The Morgan fingerprint density at radius 2 is 0.887 bits per heavy atom. The second kappa shape index (κ2) is 11.2. The predicted molar refractivity (Wildman–Crippen MR) is 224 cm³/mol. The molecule has 0 fully saturated rings. The standard InChI is InChI=1S/C51H36N2/c1-51(2)44-22-9-6-20-41(44)50-38(21-13-23-45(50)51)35-16-12-17-37(30-35)53-47-25-11-8-19-40(47)43-31-42-39-18-7-10-24-46(39)52(48(42)32-49(43)53)36-28-26-34(27-29-36)33-14-4-3-5-15-33/h3-32H,1-2H3. The van der Waals surface area contributed by atoms with E-state index in [-0.39, 0.29) is 5.41 Å². The highest BCUT2D eigenvalue weighted by molar-refractivity contribution is 6.19. The molecule has 11 rings (SSSR count). The lowest BCUT2D eigenvalue weighted by Crippen LogP contribution is -2.14. The van der Waals surface area contributed by atoms with Gasteiger partial charge in [-0.2, -0.15) is 0 Å². The number of hydrogen-bond donors (Lipinski definition) is 0. The Morgan fingerprint density at radius 1 is 0.340 bits per heavy atom. The van der Waals surface area contributed by atoms with E-state index in [1.165, 1.54) is 88.1 Å². The van der Waals surface area contributed by atoms with Crippen LogP contribution in [0.1, 0.15) is 25.0 Å². The molecule has 0 amide bonds. The number of nitrogens with zero attached hydrogens (tertiary/aromatic N) is 2. The van der Waals surface area contributed by atoms with E-state index in [0.29, 0.717) is 0 Å². The first-order chi connectivity index (χ1) is 26.1. The van der Waals surface area contributed by atoms with Crippen LogP contribution in [0, 0.1) is 0 Å². The molecule has 0 N–H and O–H groups in total. The van der Waals surface area contributed by atoms with Gasteiger partial charge in [-0.1, -0.05) is 147 Å². The Kier molecular flexibility index (Phi) is 6.33. The molecule has 2 aromatic heterocycles. The van der Waals surface area contributed by atoms with Crippen LogP contribution in [0.4, 0.5) is 0 Å². The number of benzene rings is 8. The lowest BCUT2D eigenvalue weighted by Gasteiger charge is -2.21. The lowest BCUT2D eigenvalue weighted by molar-refractivity contribution is 0.660. The normalized spacial score (nSPS) is 13.2. The molecule has 0 aliphatic heterocycles. The highest BCUT2D eigenvalue weighted by Crippen LogP contribution is 2.52. The highest BCUT2D eigenvalue weighted by Gasteiger charge is 2.36. The summed E-state index contributed by atoms with van der Waals surface area (Å²) in [5, 5.41) is 5.04. The molecule has 1 aliphatic carbocycles. The van der Waals surface area contributed by atoms with Crippen LogP contribution in [0.2, 0.25) is 0 Å². The molecule has 250 valence electrons. The maximum absolute atomic E-state index is 2.47. The third kappa shape index (κ3) is 4.33. The zero-order chi connectivity index (χ0) is 35.3. The quantitative estimate of drug-likeness (QED) is 0.176. The van der Waals surface area contributed by atoms with Crippen molar-refractivity contribution >= 4 is 43.6 Å². The van der Waals surface area contributed by atoms with Crippen molar-refractivity contribution in [1.29, 1.82) is 0 Å². The molecule has 0 spiro atoms. The van der Waals surface area contributed by atoms with Crippen LogP contribution in [0.5, 0.6) is 0 Å². The number of fused-ring (bicyclic) bond motifs is 9. The minimum absolute atomic E-state index is 0.0436. The van der Waals surface area contributed by atoms with E-state index in [0.717, 1.165) is 11.4 Å². The zero-order valence-electron chi connectivity index (χ0n) is 29.7. The average molecular weight is 677 g/mol. The van der Waals surface area contributed by atoms with Crippen molar-refractivity contribution in [2.75, 3.05) is 0 Å². The van der Waals surface area contributed by atoms with Gasteiger partial charge in [0.15, 0.2) is 0 Å². The molecule has 53 heavy (non-hydrogen) atoms.